The number of hydrogen-bond acceptors (Lipinski definition) is 15. The number of benzene rings is 1. The van der Waals surface area contributed by atoms with E-state index in [1.807, 2.05) is 66.7 Å². The lowest BCUT2D eigenvalue weighted by molar-refractivity contribution is -0.277. The van der Waals surface area contributed by atoms with Gasteiger partial charge in [-0.2, -0.15) is 5.26 Å². The second-order valence-electron chi connectivity index (χ2n) is 19.2. The van der Waals surface area contributed by atoms with Crippen LogP contribution in [0.5, 0.6) is 17.2 Å². The number of fused-ring (bicyclic) bond motifs is 5. The first-order valence-electron chi connectivity index (χ1n) is 22.1. The summed E-state index contributed by atoms with van der Waals surface area (Å²) < 4.78 is 32.4. The molecule has 1 aromatic rings. The van der Waals surface area contributed by atoms with Crippen molar-refractivity contribution in [3.8, 4) is 23.3 Å². The van der Waals surface area contributed by atoms with Gasteiger partial charge in [0, 0.05) is 47.9 Å². The van der Waals surface area contributed by atoms with Crippen LogP contribution in [0, 0.1) is 35.0 Å². The summed E-state index contributed by atoms with van der Waals surface area (Å²) in [5.41, 5.74) is 6.46. The molecule has 3 saturated carbocycles. The number of ketones is 1. The number of hydrogen-bond donors (Lipinski definition) is 6. The third-order valence-corrected chi connectivity index (χ3v) is 14.1. The van der Waals surface area contributed by atoms with E-state index in [-0.39, 0.29) is 53.6 Å². The standard InChI is InChI=1S/C49H63N3O12/c1-23(2)12-11-17-47(8)18-16-28-40(63-47)27(14-13-24(3)4)42-34(41(28)62-46-39(56)38(55)37(54)32(22-53)61-46)36-35-33(30(21-50)44(51)52(36)9)29-20-31(25(5)6)49(35,64-42)48(59,43(29)57)19-15-26(7)45(58)60-10/h12-13,15-16,18,25,29,31-33,37-39,46,53-56,59H,11,14,17,19-20,22,51H2,1-10H3/b26-15-/t29?,31?,32-,33?,37-,38+,39-,46+,47?,48?,49?/m1/s1. The molecule has 1 saturated heterocycles. The Bertz CT molecular complexity index is 2340. The SMILES string of the molecule is COC(=O)/C(C)=C\CC1(O)C(=O)C2CC(C(C)C)C13Oc1c(CC=C(C)C)c4c(c(O[C@@H]5O[C@H](CO)[C@@H](O)[C@H](O)[C@H]5O)c1C1=C3C2C(C#N)=C(N)N1C)C=CC(C)(CCC=C(C)C)O4. The van der Waals surface area contributed by atoms with Gasteiger partial charge in [-0.25, -0.2) is 4.79 Å². The highest BCUT2D eigenvalue weighted by Gasteiger charge is 2.77. The molecule has 7 N–H and O–H groups in total. The number of Topliss-reactive ketones (excluding diaryl/α,β-unsaturated/α-hetero) is 1. The van der Waals surface area contributed by atoms with E-state index in [9.17, 15) is 35.6 Å². The lowest BCUT2D eigenvalue weighted by Crippen LogP contribution is -2.78. The predicted octanol–water partition coefficient (Wildman–Crippen LogP) is 4.50. The fourth-order valence-electron chi connectivity index (χ4n) is 10.7. The van der Waals surface area contributed by atoms with Crippen LogP contribution in [0.4, 0.5) is 0 Å². The zero-order valence-corrected chi connectivity index (χ0v) is 38.4. The van der Waals surface area contributed by atoms with Gasteiger partial charge in [0.2, 0.25) is 6.29 Å². The predicted molar refractivity (Wildman–Crippen MR) is 236 cm³/mol. The number of rotatable bonds is 12. The van der Waals surface area contributed by atoms with Crippen LogP contribution in [0.1, 0.15) is 97.8 Å². The summed E-state index contributed by atoms with van der Waals surface area (Å²) in [6.45, 7) is 14.8. The number of esters is 1. The van der Waals surface area contributed by atoms with Crippen LogP contribution in [0.15, 0.2) is 58.0 Å². The van der Waals surface area contributed by atoms with Gasteiger partial charge in [0.1, 0.15) is 53.1 Å². The van der Waals surface area contributed by atoms with Crippen LogP contribution >= 0.6 is 0 Å². The van der Waals surface area contributed by atoms with Gasteiger partial charge in [0.25, 0.3) is 0 Å². The van der Waals surface area contributed by atoms with Crippen molar-refractivity contribution in [1.82, 2.24) is 4.90 Å². The van der Waals surface area contributed by atoms with Gasteiger partial charge >= 0.3 is 5.97 Å². The Morgan fingerprint density at radius 1 is 1.06 bits per heavy atom. The molecular formula is C49H63N3O12. The maximum Gasteiger partial charge on any atom is 0.333 e. The van der Waals surface area contributed by atoms with Gasteiger partial charge in [-0.1, -0.05) is 43.2 Å². The summed E-state index contributed by atoms with van der Waals surface area (Å²) in [5, 5.41) is 67.7. The Hall–Kier alpha value is -4.95. The summed E-state index contributed by atoms with van der Waals surface area (Å²) in [7, 11) is 2.93. The average Bonchev–Trinajstić information content (AvgIpc) is 3.25. The third kappa shape index (κ3) is 7.17. The quantitative estimate of drug-likeness (QED) is 0.0964. The first-order valence-corrected chi connectivity index (χ1v) is 22.1. The summed E-state index contributed by atoms with van der Waals surface area (Å²) in [6.07, 6.45) is 2.66. The minimum Gasteiger partial charge on any atom is -0.482 e. The fraction of sp³-hybridized carbons (Fsp3) is 0.571. The van der Waals surface area contributed by atoms with E-state index in [0.29, 0.717) is 46.6 Å². The number of carbonyl (C=O) groups is 2. The van der Waals surface area contributed by atoms with Crippen LogP contribution in [0.2, 0.25) is 0 Å². The smallest absolute Gasteiger partial charge is 0.333 e. The molecule has 0 radical (unpaired) electrons. The number of carbonyl (C=O) groups excluding carboxylic acids is 2. The third-order valence-electron chi connectivity index (χ3n) is 14.1. The monoisotopic (exact) mass is 885 g/mol. The molecule has 11 atom stereocenters. The molecule has 6 unspecified atom stereocenters. The maximum atomic E-state index is 15.2. The molecule has 2 bridgehead atoms. The van der Waals surface area contributed by atoms with E-state index >= 15 is 4.79 Å². The normalized spacial score (nSPS) is 33.7. The molecule has 4 heterocycles. The lowest BCUT2D eigenvalue weighted by atomic mass is 9.43. The molecule has 15 heteroatoms. The second kappa shape index (κ2) is 17.1. The van der Waals surface area contributed by atoms with Crippen molar-refractivity contribution >= 4 is 23.5 Å². The Morgan fingerprint density at radius 2 is 1.75 bits per heavy atom. The van der Waals surface area contributed by atoms with Crippen molar-refractivity contribution in [3.05, 3.63) is 74.7 Å². The van der Waals surface area contributed by atoms with Gasteiger partial charge in [0.15, 0.2) is 17.0 Å². The molecule has 346 valence electrons. The molecular weight excluding hydrogens is 823 g/mol. The van der Waals surface area contributed by atoms with Crippen molar-refractivity contribution in [2.24, 2.45) is 29.4 Å². The van der Waals surface area contributed by atoms with Crippen LogP contribution in [0.25, 0.3) is 11.8 Å². The molecule has 1 aromatic carbocycles. The van der Waals surface area contributed by atoms with Crippen LogP contribution in [0.3, 0.4) is 0 Å². The zero-order valence-electron chi connectivity index (χ0n) is 38.4. The average molecular weight is 886 g/mol. The summed E-state index contributed by atoms with van der Waals surface area (Å²) in [4.78, 5) is 29.6. The van der Waals surface area contributed by atoms with E-state index < -0.39 is 83.6 Å². The number of nitrogens with zero attached hydrogens (tertiary/aromatic N) is 2. The number of allylic oxidation sites excluding steroid dienone is 5. The fourth-order valence-corrected chi connectivity index (χ4v) is 10.7. The minimum absolute atomic E-state index is 0.0628. The van der Waals surface area contributed by atoms with E-state index in [2.05, 4.69) is 12.1 Å². The van der Waals surface area contributed by atoms with E-state index in [4.69, 9.17) is 29.4 Å². The highest BCUT2D eigenvalue weighted by Crippen LogP contribution is 2.70. The topological polar surface area (TPSA) is 234 Å². The Kier molecular flexibility index (Phi) is 12.6. The summed E-state index contributed by atoms with van der Waals surface area (Å²) in [6, 6.07) is 2.29. The molecule has 0 aromatic heterocycles. The van der Waals surface area contributed by atoms with Gasteiger partial charge in [-0.3, -0.25) is 4.79 Å². The lowest BCUT2D eigenvalue weighted by Gasteiger charge is -2.66. The molecule has 4 fully saturated rings. The molecule has 0 amide bonds. The highest BCUT2D eigenvalue weighted by molar-refractivity contribution is 6.01. The van der Waals surface area contributed by atoms with Crippen LogP contribution in [-0.2, 0) is 25.5 Å². The maximum absolute atomic E-state index is 15.2. The second-order valence-corrected chi connectivity index (χ2v) is 19.2. The van der Waals surface area contributed by atoms with E-state index in [0.717, 1.165) is 11.1 Å². The Labute approximate surface area is 374 Å². The van der Waals surface area contributed by atoms with E-state index in [1.165, 1.54) is 13.2 Å². The number of nitriles is 1. The van der Waals surface area contributed by atoms with Gasteiger partial charge in [-0.15, -0.1) is 0 Å². The summed E-state index contributed by atoms with van der Waals surface area (Å²) in [5.74, 6) is -3.10. The number of methoxy groups -OCH3 is 1. The number of nitrogens with two attached hydrogens (primary N) is 1. The van der Waals surface area contributed by atoms with Crippen molar-refractivity contribution < 1.29 is 58.8 Å². The molecule has 4 aliphatic heterocycles. The molecule has 7 aliphatic rings. The van der Waals surface area contributed by atoms with Gasteiger partial charge < -0.3 is 59.9 Å². The minimum atomic E-state index is -2.30. The van der Waals surface area contributed by atoms with Crippen LogP contribution < -0.4 is 19.9 Å². The number of aliphatic hydroxyl groups is 5. The zero-order chi connectivity index (χ0) is 47.0. The van der Waals surface area contributed by atoms with Crippen molar-refractivity contribution in [2.75, 3.05) is 20.8 Å². The van der Waals surface area contributed by atoms with Gasteiger partial charge in [-0.05, 0) is 85.3 Å². The van der Waals surface area contributed by atoms with E-state index in [1.54, 1.807) is 18.9 Å². The largest absolute Gasteiger partial charge is 0.482 e. The van der Waals surface area contributed by atoms with Crippen LogP contribution in [-0.4, -0.2) is 110 Å². The van der Waals surface area contributed by atoms with Crippen molar-refractivity contribution in [3.63, 3.8) is 0 Å². The van der Waals surface area contributed by atoms with Crippen molar-refractivity contribution in [1.29, 1.82) is 5.26 Å². The molecule has 8 rings (SSSR count). The Morgan fingerprint density at radius 3 is 2.36 bits per heavy atom. The first kappa shape index (κ1) is 47.0. The Balaban J connectivity index is 1.62. The number of ether oxygens (including phenoxy) is 5. The molecule has 15 nitrogen and oxygen atoms in total. The highest BCUT2D eigenvalue weighted by atomic mass is 16.7. The first-order chi connectivity index (χ1) is 30.1. The molecule has 3 aliphatic carbocycles. The summed E-state index contributed by atoms with van der Waals surface area (Å²) >= 11 is 0. The molecule has 1 spiro atoms. The molecule has 64 heavy (non-hydrogen) atoms. The van der Waals surface area contributed by atoms with Gasteiger partial charge in [0.05, 0.1) is 42.2 Å². The number of aliphatic hydroxyl groups excluding tert-OH is 4. The van der Waals surface area contributed by atoms with Crippen molar-refractivity contribution in [2.45, 2.75) is 135 Å².